The normalized spacial score (nSPS) is 11.8. The first-order chi connectivity index (χ1) is 9.65. The summed E-state index contributed by atoms with van der Waals surface area (Å²) in [5, 5.41) is 6.04. The largest absolute Gasteiger partial charge is 0.383 e. The van der Waals surface area contributed by atoms with Crippen molar-refractivity contribution in [1.29, 1.82) is 0 Å². The summed E-state index contributed by atoms with van der Waals surface area (Å²) in [7, 11) is 1.65. The Morgan fingerprint density at radius 1 is 1.24 bits per heavy atom. The Balaban J connectivity index is 0.00000400. The molecule has 0 aliphatic heterocycles. The van der Waals surface area contributed by atoms with Crippen LogP contribution in [0.4, 0.5) is 0 Å². The summed E-state index contributed by atoms with van der Waals surface area (Å²) in [6.45, 7) is 6.68. The highest BCUT2D eigenvalue weighted by atomic mass is 35.5. The summed E-state index contributed by atoms with van der Waals surface area (Å²) in [4.78, 5) is 11.8. The lowest BCUT2D eigenvalue weighted by Crippen LogP contribution is -2.37. The Morgan fingerprint density at radius 3 is 2.48 bits per heavy atom. The van der Waals surface area contributed by atoms with Crippen LogP contribution in [0.15, 0.2) is 30.3 Å². The van der Waals surface area contributed by atoms with Crippen LogP contribution in [0.3, 0.4) is 0 Å². The van der Waals surface area contributed by atoms with E-state index in [0.717, 1.165) is 0 Å². The van der Waals surface area contributed by atoms with E-state index < -0.39 is 0 Å². The molecule has 21 heavy (non-hydrogen) atoms. The molecule has 0 heterocycles. The SMILES string of the molecule is COCCNCC(=O)NCC(c1ccccc1)C(C)C.Cl. The van der Waals surface area contributed by atoms with Gasteiger partial charge in [-0.2, -0.15) is 0 Å². The average molecular weight is 315 g/mol. The smallest absolute Gasteiger partial charge is 0.233 e. The third-order valence-electron chi connectivity index (χ3n) is 3.32. The molecule has 1 aromatic carbocycles. The van der Waals surface area contributed by atoms with E-state index in [1.807, 2.05) is 18.2 Å². The van der Waals surface area contributed by atoms with E-state index in [9.17, 15) is 4.79 Å². The topological polar surface area (TPSA) is 50.4 Å². The number of ether oxygens (including phenoxy) is 1. The van der Waals surface area contributed by atoms with Gasteiger partial charge in [0.15, 0.2) is 0 Å². The van der Waals surface area contributed by atoms with Crippen LogP contribution in [0.1, 0.15) is 25.3 Å². The van der Waals surface area contributed by atoms with Crippen molar-refractivity contribution in [3.8, 4) is 0 Å². The van der Waals surface area contributed by atoms with Crippen molar-refractivity contribution < 1.29 is 9.53 Å². The third kappa shape index (κ3) is 8.05. The van der Waals surface area contributed by atoms with Crippen molar-refractivity contribution >= 4 is 18.3 Å². The highest BCUT2D eigenvalue weighted by molar-refractivity contribution is 5.85. The second kappa shape index (κ2) is 11.5. The van der Waals surface area contributed by atoms with Gasteiger partial charge in [-0.3, -0.25) is 4.79 Å². The van der Waals surface area contributed by atoms with Crippen LogP contribution in [-0.2, 0) is 9.53 Å². The Hall–Kier alpha value is -1.10. The highest BCUT2D eigenvalue weighted by Gasteiger charge is 2.16. The molecule has 1 unspecified atom stereocenters. The van der Waals surface area contributed by atoms with Crippen LogP contribution < -0.4 is 10.6 Å². The first-order valence-electron chi connectivity index (χ1n) is 7.16. The van der Waals surface area contributed by atoms with E-state index in [-0.39, 0.29) is 18.3 Å². The molecule has 1 rings (SSSR count). The minimum absolute atomic E-state index is 0. The molecule has 0 aliphatic rings. The lowest BCUT2D eigenvalue weighted by Gasteiger charge is -2.22. The number of halogens is 1. The maximum atomic E-state index is 11.8. The maximum Gasteiger partial charge on any atom is 0.233 e. The number of benzene rings is 1. The molecular formula is C16H27ClN2O2. The van der Waals surface area contributed by atoms with Crippen LogP contribution in [0.25, 0.3) is 0 Å². The lowest BCUT2D eigenvalue weighted by molar-refractivity contribution is -0.120. The second-order valence-electron chi connectivity index (χ2n) is 5.23. The summed E-state index contributed by atoms with van der Waals surface area (Å²) in [6, 6.07) is 10.3. The molecule has 4 nitrogen and oxygen atoms in total. The van der Waals surface area contributed by atoms with Crippen LogP contribution >= 0.6 is 12.4 Å². The molecule has 0 bridgehead atoms. The Morgan fingerprint density at radius 2 is 1.90 bits per heavy atom. The predicted molar refractivity (Wildman–Crippen MR) is 89.0 cm³/mol. The minimum atomic E-state index is 0. The van der Waals surface area contributed by atoms with Gasteiger partial charge in [-0.1, -0.05) is 44.2 Å². The number of methoxy groups -OCH3 is 1. The molecule has 1 amide bonds. The lowest BCUT2D eigenvalue weighted by atomic mass is 9.88. The van der Waals surface area contributed by atoms with Gasteiger partial charge in [0, 0.05) is 26.1 Å². The summed E-state index contributed by atoms with van der Waals surface area (Å²) in [5.41, 5.74) is 1.27. The van der Waals surface area contributed by atoms with Crippen LogP contribution in [0.2, 0.25) is 0 Å². The molecule has 120 valence electrons. The fraction of sp³-hybridized carbons (Fsp3) is 0.562. The molecule has 5 heteroatoms. The molecule has 1 atom stereocenters. The van der Waals surface area contributed by atoms with Crippen molar-refractivity contribution in [3.63, 3.8) is 0 Å². The fourth-order valence-electron chi connectivity index (χ4n) is 2.10. The Kier molecular flexibility index (Phi) is 10.9. The molecule has 0 saturated carbocycles. The van der Waals surface area contributed by atoms with E-state index in [1.54, 1.807) is 7.11 Å². The Bertz CT molecular complexity index is 385. The van der Waals surface area contributed by atoms with Crippen molar-refractivity contribution in [3.05, 3.63) is 35.9 Å². The molecular weight excluding hydrogens is 288 g/mol. The van der Waals surface area contributed by atoms with Crippen molar-refractivity contribution in [1.82, 2.24) is 10.6 Å². The van der Waals surface area contributed by atoms with Gasteiger partial charge < -0.3 is 15.4 Å². The van der Waals surface area contributed by atoms with Gasteiger partial charge in [-0.15, -0.1) is 12.4 Å². The minimum Gasteiger partial charge on any atom is -0.383 e. The molecule has 0 fully saturated rings. The predicted octanol–water partition coefficient (Wildman–Crippen LogP) is 2.20. The summed E-state index contributed by atoms with van der Waals surface area (Å²) < 4.78 is 4.92. The van der Waals surface area contributed by atoms with Gasteiger partial charge in [-0.05, 0) is 11.5 Å². The molecule has 1 aromatic rings. The van der Waals surface area contributed by atoms with Gasteiger partial charge in [0.05, 0.1) is 13.2 Å². The number of nitrogens with one attached hydrogen (secondary N) is 2. The first kappa shape index (κ1) is 19.9. The fourth-order valence-corrected chi connectivity index (χ4v) is 2.10. The van der Waals surface area contributed by atoms with Crippen molar-refractivity contribution in [2.24, 2.45) is 5.92 Å². The molecule has 0 aliphatic carbocycles. The van der Waals surface area contributed by atoms with Gasteiger partial charge in [-0.25, -0.2) is 0 Å². The molecule has 0 spiro atoms. The van der Waals surface area contributed by atoms with E-state index in [4.69, 9.17) is 4.74 Å². The zero-order valence-electron chi connectivity index (χ0n) is 13.1. The number of carbonyl (C=O) groups excluding carboxylic acids is 1. The van der Waals surface area contributed by atoms with E-state index in [0.29, 0.717) is 38.1 Å². The number of hydrogen-bond donors (Lipinski definition) is 2. The zero-order chi connectivity index (χ0) is 14.8. The van der Waals surface area contributed by atoms with Gasteiger partial charge in [0.25, 0.3) is 0 Å². The second-order valence-corrected chi connectivity index (χ2v) is 5.23. The van der Waals surface area contributed by atoms with Gasteiger partial charge >= 0.3 is 0 Å². The first-order valence-corrected chi connectivity index (χ1v) is 7.16. The molecule has 0 radical (unpaired) electrons. The average Bonchev–Trinajstić information content (AvgIpc) is 2.44. The van der Waals surface area contributed by atoms with Gasteiger partial charge in [0.1, 0.15) is 0 Å². The number of hydrogen-bond acceptors (Lipinski definition) is 3. The van der Waals surface area contributed by atoms with E-state index in [1.165, 1.54) is 5.56 Å². The molecule has 2 N–H and O–H groups in total. The van der Waals surface area contributed by atoms with E-state index in [2.05, 4.69) is 36.6 Å². The van der Waals surface area contributed by atoms with E-state index >= 15 is 0 Å². The molecule has 0 aromatic heterocycles. The molecule has 0 saturated heterocycles. The quantitative estimate of drug-likeness (QED) is 0.687. The van der Waals surface area contributed by atoms with Crippen molar-refractivity contribution in [2.45, 2.75) is 19.8 Å². The van der Waals surface area contributed by atoms with Crippen LogP contribution in [-0.4, -0.2) is 39.3 Å². The summed E-state index contributed by atoms with van der Waals surface area (Å²) in [6.07, 6.45) is 0. The maximum absolute atomic E-state index is 11.8. The number of rotatable bonds is 9. The van der Waals surface area contributed by atoms with Crippen LogP contribution in [0, 0.1) is 5.92 Å². The standard InChI is InChI=1S/C16H26N2O2.ClH/c1-13(2)15(14-7-5-4-6-8-14)11-18-16(19)12-17-9-10-20-3;/h4-8,13,15,17H,9-12H2,1-3H3,(H,18,19);1H. The zero-order valence-corrected chi connectivity index (χ0v) is 13.9. The van der Waals surface area contributed by atoms with Crippen LogP contribution in [0.5, 0.6) is 0 Å². The van der Waals surface area contributed by atoms with Crippen molar-refractivity contribution in [2.75, 3.05) is 33.4 Å². The monoisotopic (exact) mass is 314 g/mol. The summed E-state index contributed by atoms with van der Waals surface area (Å²) >= 11 is 0. The third-order valence-corrected chi connectivity index (χ3v) is 3.32. The summed E-state index contributed by atoms with van der Waals surface area (Å²) in [5.74, 6) is 0.862. The number of carbonyl (C=O) groups is 1. The van der Waals surface area contributed by atoms with Gasteiger partial charge in [0.2, 0.25) is 5.91 Å². The Labute approximate surface area is 134 Å². The highest BCUT2D eigenvalue weighted by Crippen LogP contribution is 2.23. The number of amides is 1.